The van der Waals surface area contributed by atoms with Gasteiger partial charge in [0.2, 0.25) is 0 Å². The molecule has 0 amide bonds. The van der Waals surface area contributed by atoms with Crippen molar-refractivity contribution in [2.24, 2.45) is 7.05 Å². The molecule has 2 unspecified atom stereocenters. The molecule has 2 aromatic rings. The molecule has 96 valence electrons. The van der Waals surface area contributed by atoms with Gasteiger partial charge in [0.1, 0.15) is 6.10 Å². The van der Waals surface area contributed by atoms with Gasteiger partial charge in [-0.15, -0.1) is 0 Å². The molecule has 2 N–H and O–H groups in total. The van der Waals surface area contributed by atoms with Crippen molar-refractivity contribution in [3.63, 3.8) is 0 Å². The van der Waals surface area contributed by atoms with Gasteiger partial charge in [0.05, 0.1) is 23.3 Å². The van der Waals surface area contributed by atoms with E-state index in [2.05, 4.69) is 20.9 Å². The number of alkyl halides is 1. The average molecular weight is 313 g/mol. The summed E-state index contributed by atoms with van der Waals surface area (Å²) in [5.41, 5.74) is 0.893. The quantitative estimate of drug-likeness (QED) is 0.819. The summed E-state index contributed by atoms with van der Waals surface area (Å²) in [6.45, 7) is 0. The lowest BCUT2D eigenvalue weighted by molar-refractivity contribution is 0.0343. The van der Waals surface area contributed by atoms with Crippen LogP contribution in [0.3, 0.4) is 0 Å². The number of rotatable bonds is 3. The van der Waals surface area contributed by atoms with Crippen molar-refractivity contribution in [1.82, 2.24) is 9.55 Å². The molecule has 0 aliphatic rings. The summed E-state index contributed by atoms with van der Waals surface area (Å²) in [5, 5.41) is 20.2. The number of benzene rings is 1. The number of hydrogen-bond donors (Lipinski definition) is 2. The van der Waals surface area contributed by atoms with Crippen LogP contribution in [-0.4, -0.2) is 31.2 Å². The van der Waals surface area contributed by atoms with Crippen LogP contribution in [0.15, 0.2) is 29.3 Å². The van der Waals surface area contributed by atoms with Crippen LogP contribution < -0.4 is 5.56 Å². The van der Waals surface area contributed by atoms with E-state index in [1.54, 1.807) is 25.2 Å². The van der Waals surface area contributed by atoms with Gasteiger partial charge < -0.3 is 14.8 Å². The van der Waals surface area contributed by atoms with E-state index < -0.39 is 12.2 Å². The van der Waals surface area contributed by atoms with Crippen molar-refractivity contribution in [3.8, 4) is 0 Å². The van der Waals surface area contributed by atoms with Crippen LogP contribution in [0.25, 0.3) is 10.9 Å². The molecule has 0 saturated heterocycles. The first kappa shape index (κ1) is 13.2. The van der Waals surface area contributed by atoms with Gasteiger partial charge in [-0.05, 0) is 17.7 Å². The van der Waals surface area contributed by atoms with Crippen LogP contribution in [0.2, 0.25) is 0 Å². The van der Waals surface area contributed by atoms with E-state index in [4.69, 9.17) is 0 Å². The molecule has 2 rings (SSSR count). The van der Waals surface area contributed by atoms with E-state index in [-0.39, 0.29) is 10.9 Å². The van der Waals surface area contributed by atoms with Gasteiger partial charge >= 0.3 is 0 Å². The Labute approximate surface area is 112 Å². The van der Waals surface area contributed by atoms with Gasteiger partial charge in [-0.1, -0.05) is 22.0 Å². The Morgan fingerprint density at radius 1 is 1.44 bits per heavy atom. The fraction of sp³-hybridized carbons (Fsp3) is 0.333. The van der Waals surface area contributed by atoms with Crippen molar-refractivity contribution >= 4 is 26.8 Å². The van der Waals surface area contributed by atoms with Gasteiger partial charge in [-0.3, -0.25) is 4.79 Å². The first-order valence-electron chi connectivity index (χ1n) is 5.42. The summed E-state index contributed by atoms with van der Waals surface area (Å²) in [6, 6.07) is 4.89. The van der Waals surface area contributed by atoms with Gasteiger partial charge in [0.25, 0.3) is 5.56 Å². The lowest BCUT2D eigenvalue weighted by Gasteiger charge is -2.16. The minimum atomic E-state index is -1.03. The predicted octanol–water partition coefficient (Wildman–Crippen LogP) is 0.723. The van der Waals surface area contributed by atoms with Gasteiger partial charge in [0, 0.05) is 12.4 Å². The zero-order chi connectivity index (χ0) is 13.3. The first-order valence-corrected chi connectivity index (χ1v) is 6.54. The Kier molecular flexibility index (Phi) is 3.79. The molecule has 0 aliphatic carbocycles. The van der Waals surface area contributed by atoms with Crippen LogP contribution >= 0.6 is 15.9 Å². The van der Waals surface area contributed by atoms with Crippen LogP contribution in [0, 0.1) is 0 Å². The molecule has 5 nitrogen and oxygen atoms in total. The Morgan fingerprint density at radius 2 is 2.17 bits per heavy atom. The molecule has 6 heteroatoms. The molecule has 0 fully saturated rings. The van der Waals surface area contributed by atoms with Crippen molar-refractivity contribution < 1.29 is 10.2 Å². The second-order valence-electron chi connectivity index (χ2n) is 4.10. The van der Waals surface area contributed by atoms with Crippen molar-refractivity contribution in [3.05, 3.63) is 40.4 Å². The first-order chi connectivity index (χ1) is 8.54. The highest BCUT2D eigenvalue weighted by molar-refractivity contribution is 9.09. The number of aromatic nitrogens is 2. The molecule has 18 heavy (non-hydrogen) atoms. The largest absolute Gasteiger partial charge is 0.389 e. The fourth-order valence-corrected chi connectivity index (χ4v) is 2.07. The van der Waals surface area contributed by atoms with Gasteiger partial charge in [-0.2, -0.15) is 0 Å². The number of nitrogens with zero attached hydrogens (tertiary/aromatic N) is 2. The maximum Gasteiger partial charge on any atom is 0.260 e. The van der Waals surface area contributed by atoms with E-state index >= 15 is 0 Å². The maximum atomic E-state index is 11.9. The van der Waals surface area contributed by atoms with Crippen molar-refractivity contribution in [2.75, 3.05) is 5.33 Å². The number of hydrogen-bond acceptors (Lipinski definition) is 4. The second-order valence-corrected chi connectivity index (χ2v) is 4.75. The second kappa shape index (κ2) is 5.17. The number of aryl methyl sites for hydroxylation is 1. The third-order valence-electron chi connectivity index (χ3n) is 2.81. The average Bonchev–Trinajstić information content (AvgIpc) is 2.41. The number of aliphatic hydroxyl groups excluding tert-OH is 2. The molecule has 1 aromatic heterocycles. The van der Waals surface area contributed by atoms with Crippen molar-refractivity contribution in [2.45, 2.75) is 12.2 Å². The molecule has 2 atom stereocenters. The highest BCUT2D eigenvalue weighted by Crippen LogP contribution is 2.20. The molecular formula is C12H13BrN2O3. The van der Waals surface area contributed by atoms with E-state index in [0.29, 0.717) is 16.5 Å². The summed E-state index contributed by atoms with van der Waals surface area (Å²) in [6.07, 6.45) is -0.490. The monoisotopic (exact) mass is 312 g/mol. The van der Waals surface area contributed by atoms with E-state index in [1.165, 1.54) is 10.9 Å². The SMILES string of the molecule is Cn1cnc2ccc(C(O)C(O)CBr)cc2c1=O. The fourth-order valence-electron chi connectivity index (χ4n) is 1.72. The summed E-state index contributed by atoms with van der Waals surface area (Å²) in [4.78, 5) is 16.0. The van der Waals surface area contributed by atoms with Crippen LogP contribution in [0.4, 0.5) is 0 Å². The highest BCUT2D eigenvalue weighted by Gasteiger charge is 2.18. The third-order valence-corrected chi connectivity index (χ3v) is 3.47. The highest BCUT2D eigenvalue weighted by atomic mass is 79.9. The van der Waals surface area contributed by atoms with Crippen LogP contribution in [0.1, 0.15) is 11.7 Å². The normalized spacial score (nSPS) is 14.7. The molecule has 0 bridgehead atoms. The van der Waals surface area contributed by atoms with Gasteiger partial charge in [-0.25, -0.2) is 4.98 Å². The van der Waals surface area contributed by atoms with E-state index in [1.807, 2.05) is 0 Å². The zero-order valence-electron chi connectivity index (χ0n) is 9.75. The maximum absolute atomic E-state index is 11.9. The summed E-state index contributed by atoms with van der Waals surface area (Å²) < 4.78 is 1.37. The summed E-state index contributed by atoms with van der Waals surface area (Å²) >= 11 is 3.10. The summed E-state index contributed by atoms with van der Waals surface area (Å²) in [7, 11) is 1.62. The van der Waals surface area contributed by atoms with Crippen LogP contribution in [-0.2, 0) is 7.05 Å². The van der Waals surface area contributed by atoms with Gasteiger partial charge in [0.15, 0.2) is 0 Å². The molecule has 0 saturated carbocycles. The number of aliphatic hydroxyl groups is 2. The number of fused-ring (bicyclic) bond motifs is 1. The van der Waals surface area contributed by atoms with E-state index in [0.717, 1.165) is 0 Å². The molecule has 1 heterocycles. The topological polar surface area (TPSA) is 75.3 Å². The Hall–Kier alpha value is -1.24. The molecular weight excluding hydrogens is 300 g/mol. The molecule has 0 spiro atoms. The smallest absolute Gasteiger partial charge is 0.260 e. The van der Waals surface area contributed by atoms with Crippen molar-refractivity contribution in [1.29, 1.82) is 0 Å². The third kappa shape index (κ3) is 2.31. The molecule has 0 radical (unpaired) electrons. The molecule has 0 aliphatic heterocycles. The summed E-state index contributed by atoms with van der Waals surface area (Å²) in [5.74, 6) is 0. The predicted molar refractivity (Wildman–Crippen MR) is 71.7 cm³/mol. The minimum Gasteiger partial charge on any atom is -0.389 e. The lowest BCUT2D eigenvalue weighted by Crippen LogP contribution is -2.21. The zero-order valence-corrected chi connectivity index (χ0v) is 11.3. The minimum absolute atomic E-state index is 0.178. The Bertz CT molecular complexity index is 626. The number of halogens is 1. The molecule has 1 aromatic carbocycles. The van der Waals surface area contributed by atoms with E-state index in [9.17, 15) is 15.0 Å². The Morgan fingerprint density at radius 3 is 2.83 bits per heavy atom. The lowest BCUT2D eigenvalue weighted by atomic mass is 10.0. The standard InChI is InChI=1S/C12H13BrN2O3/c1-15-6-14-9-3-2-7(4-8(9)12(15)18)11(17)10(16)5-13/h2-4,6,10-11,16-17H,5H2,1H3. The van der Waals surface area contributed by atoms with Crippen LogP contribution in [0.5, 0.6) is 0 Å². The Balaban J connectivity index is 2.56.